The monoisotopic (exact) mass is 796 g/mol. The Kier molecular flexibility index (Phi) is 8.23. The Hall–Kier alpha value is -5.46. The molecule has 4 aromatic rings. The molecule has 8 rings (SSSR count). The van der Waals surface area contributed by atoms with Gasteiger partial charge in [-0.2, -0.15) is 0 Å². The Balaban J connectivity index is 1.35. The van der Waals surface area contributed by atoms with Crippen molar-refractivity contribution in [1.82, 2.24) is 0 Å². The summed E-state index contributed by atoms with van der Waals surface area (Å²) in [6.45, 7) is 0. The number of carbonyl (C=O) groups excluding carboxylic acids is 4. The molecule has 2 aliphatic heterocycles. The topological polar surface area (TPSA) is 162 Å². The third kappa shape index (κ3) is 4.95. The number of phenolic OH excluding ortho intramolecular Hbond substituents is 1. The first-order chi connectivity index (χ1) is 25.4. The number of rotatable bonds is 6. The molecule has 0 unspecified atom stereocenters. The van der Waals surface area contributed by atoms with Gasteiger partial charge in [-0.3, -0.25) is 19.2 Å². The molecule has 2 saturated heterocycles. The average molecular weight is 798 g/mol. The van der Waals surface area contributed by atoms with E-state index < -0.39 is 70.4 Å². The van der Waals surface area contributed by atoms with E-state index in [1.165, 1.54) is 18.1 Å². The van der Waals surface area contributed by atoms with Crippen molar-refractivity contribution in [3.8, 4) is 17.2 Å². The number of benzene rings is 4. The molecule has 4 amide bonds. The van der Waals surface area contributed by atoms with Crippen LogP contribution in [0.5, 0.6) is 17.2 Å². The molecule has 0 aromatic heterocycles. The van der Waals surface area contributed by atoms with Crippen molar-refractivity contribution >= 4 is 68.5 Å². The predicted molar refractivity (Wildman–Crippen MR) is 196 cm³/mol. The summed E-state index contributed by atoms with van der Waals surface area (Å²) in [4.78, 5) is 72.6. The van der Waals surface area contributed by atoms with Crippen molar-refractivity contribution in [3.63, 3.8) is 0 Å². The number of carbonyl (C=O) groups is 5. The van der Waals surface area contributed by atoms with Crippen LogP contribution in [0.3, 0.4) is 0 Å². The van der Waals surface area contributed by atoms with Crippen LogP contribution < -0.4 is 14.5 Å². The molecule has 2 heterocycles. The van der Waals surface area contributed by atoms with Gasteiger partial charge in [0, 0.05) is 17.0 Å². The Morgan fingerprint density at radius 2 is 1.60 bits per heavy atom. The Morgan fingerprint density at radius 3 is 2.28 bits per heavy atom. The number of nitrogens with zero attached hydrogens (tertiary/aromatic N) is 2. The minimum absolute atomic E-state index is 0.0240. The van der Waals surface area contributed by atoms with Gasteiger partial charge in [-0.1, -0.05) is 59.6 Å². The number of anilines is 2. The molecular formula is C40H30BrClN2O9. The molecule has 2 aliphatic carbocycles. The number of allylic oxidation sites excluding steroid dienone is 2. The number of ether oxygens (including phenoxy) is 1. The van der Waals surface area contributed by atoms with Gasteiger partial charge in [-0.25, -0.2) is 14.6 Å². The van der Waals surface area contributed by atoms with E-state index in [-0.39, 0.29) is 45.8 Å². The third-order valence-corrected chi connectivity index (χ3v) is 12.1. The van der Waals surface area contributed by atoms with E-state index in [4.69, 9.17) is 16.3 Å². The van der Waals surface area contributed by atoms with Crippen molar-refractivity contribution in [2.75, 3.05) is 16.9 Å². The number of fused-ring (bicyclic) bond motifs is 4. The number of carboxylic acid groups (broad SMARTS) is 1. The summed E-state index contributed by atoms with van der Waals surface area (Å²) in [5.74, 6) is -8.40. The summed E-state index contributed by atoms with van der Waals surface area (Å²) in [7, 11) is 1.40. The molecule has 0 radical (unpaired) electrons. The van der Waals surface area contributed by atoms with Crippen molar-refractivity contribution in [2.24, 2.45) is 23.7 Å². The lowest BCUT2D eigenvalue weighted by molar-refractivity contribution is -0.127. The minimum Gasteiger partial charge on any atom is -0.507 e. The maximum Gasteiger partial charge on any atom is 0.339 e. The molecule has 3 fully saturated rings. The Morgan fingerprint density at radius 1 is 0.868 bits per heavy atom. The molecule has 4 aliphatic rings. The number of aromatic carboxylic acids is 1. The summed E-state index contributed by atoms with van der Waals surface area (Å²) in [5, 5.41) is 31.1. The molecule has 4 aromatic carbocycles. The van der Waals surface area contributed by atoms with Crippen LogP contribution in [-0.4, -0.2) is 52.0 Å². The molecule has 53 heavy (non-hydrogen) atoms. The lowest BCUT2D eigenvalue weighted by Gasteiger charge is -2.50. The second-order valence-electron chi connectivity index (χ2n) is 13.7. The van der Waals surface area contributed by atoms with Crippen molar-refractivity contribution in [3.05, 3.63) is 123 Å². The van der Waals surface area contributed by atoms with E-state index in [0.29, 0.717) is 21.7 Å². The second kappa shape index (κ2) is 12.6. The maximum absolute atomic E-state index is 15.4. The zero-order chi connectivity index (χ0) is 37.5. The summed E-state index contributed by atoms with van der Waals surface area (Å²) in [6, 6.07) is 22.3. The quantitative estimate of drug-likeness (QED) is 0.145. The normalized spacial score (nSPS) is 26.2. The average Bonchev–Trinajstić information content (AvgIpc) is 3.53. The molecule has 3 N–H and O–H groups in total. The number of hydrogen-bond acceptors (Lipinski definition) is 8. The van der Waals surface area contributed by atoms with Crippen LogP contribution in [0.25, 0.3) is 0 Å². The van der Waals surface area contributed by atoms with Crippen LogP contribution in [0.15, 0.2) is 101 Å². The number of carboxylic acids is 1. The molecule has 11 nitrogen and oxygen atoms in total. The Labute approximate surface area is 316 Å². The number of imide groups is 2. The van der Waals surface area contributed by atoms with Crippen molar-refractivity contribution < 1.29 is 44.0 Å². The zero-order valence-electron chi connectivity index (χ0n) is 27.9. The number of halogens is 2. The van der Waals surface area contributed by atoms with E-state index in [2.05, 4.69) is 15.9 Å². The van der Waals surface area contributed by atoms with Gasteiger partial charge < -0.3 is 20.1 Å². The van der Waals surface area contributed by atoms with Crippen molar-refractivity contribution in [2.45, 2.75) is 24.2 Å². The highest BCUT2D eigenvalue weighted by atomic mass is 79.9. The predicted octanol–water partition coefficient (Wildman–Crippen LogP) is 6.59. The van der Waals surface area contributed by atoms with Crippen LogP contribution in [0.1, 0.15) is 40.2 Å². The number of aromatic hydroxyl groups is 2. The zero-order valence-corrected chi connectivity index (χ0v) is 30.2. The first kappa shape index (κ1) is 34.6. The highest BCUT2D eigenvalue weighted by Crippen LogP contribution is 2.65. The maximum atomic E-state index is 15.4. The lowest BCUT2D eigenvalue weighted by Crippen LogP contribution is -2.53. The summed E-state index contributed by atoms with van der Waals surface area (Å²) >= 11 is 9.83. The van der Waals surface area contributed by atoms with Gasteiger partial charge in [0.2, 0.25) is 23.6 Å². The number of methoxy groups -OCH3 is 1. The molecule has 0 bridgehead atoms. The van der Waals surface area contributed by atoms with Crippen LogP contribution in [-0.2, 0) is 24.6 Å². The van der Waals surface area contributed by atoms with Crippen LogP contribution in [0.4, 0.5) is 11.4 Å². The molecule has 6 atom stereocenters. The van der Waals surface area contributed by atoms with Gasteiger partial charge in [0.05, 0.1) is 46.1 Å². The van der Waals surface area contributed by atoms with Gasteiger partial charge in [0.1, 0.15) is 11.3 Å². The molecule has 268 valence electrons. The summed E-state index contributed by atoms with van der Waals surface area (Å²) < 4.78 is 5.84. The van der Waals surface area contributed by atoms with Crippen LogP contribution in [0.2, 0.25) is 5.02 Å². The fraction of sp³-hybridized carbons (Fsp3) is 0.225. The number of phenols is 2. The largest absolute Gasteiger partial charge is 0.507 e. The van der Waals surface area contributed by atoms with E-state index in [1.807, 2.05) is 24.3 Å². The summed E-state index contributed by atoms with van der Waals surface area (Å²) in [6.07, 6.45) is 2.08. The highest BCUT2D eigenvalue weighted by molar-refractivity contribution is 9.10. The van der Waals surface area contributed by atoms with Crippen LogP contribution >= 0.6 is 27.5 Å². The minimum atomic E-state index is -1.54. The fourth-order valence-electron chi connectivity index (χ4n) is 9.13. The van der Waals surface area contributed by atoms with E-state index in [1.54, 1.807) is 48.5 Å². The molecule has 0 spiro atoms. The van der Waals surface area contributed by atoms with Gasteiger partial charge in [-0.05, 0) is 88.3 Å². The fourth-order valence-corrected chi connectivity index (χ4v) is 9.77. The SMILES string of the molecule is COc1cc([C@H]2C3=CC[C@@H]4C(=O)N(c5ccc(C(=O)O)c(O)c5)C(=O)[C@@H]4[C@@H]3C[C@H]3C(=O)N(c4cccc(Cl)c4)C(=O)[C@@]23c2ccccc2)cc(Br)c1O. The van der Waals surface area contributed by atoms with Gasteiger partial charge in [0.25, 0.3) is 0 Å². The first-order valence-corrected chi connectivity index (χ1v) is 18.0. The summed E-state index contributed by atoms with van der Waals surface area (Å²) in [5.41, 5.74) is 0.187. The molecular weight excluding hydrogens is 768 g/mol. The third-order valence-electron chi connectivity index (χ3n) is 11.2. The van der Waals surface area contributed by atoms with E-state index in [9.17, 15) is 34.5 Å². The molecule has 13 heteroatoms. The van der Waals surface area contributed by atoms with Gasteiger partial charge >= 0.3 is 5.97 Å². The first-order valence-electron chi connectivity index (χ1n) is 16.8. The molecule has 1 saturated carbocycles. The highest BCUT2D eigenvalue weighted by Gasteiger charge is 2.70. The number of amides is 4. The van der Waals surface area contributed by atoms with E-state index in [0.717, 1.165) is 17.0 Å². The second-order valence-corrected chi connectivity index (χ2v) is 15.0. The standard InChI is InChI=1S/C40H30BrClN2O9/c1-53-31-15-19(14-29(41)34(31)46)33-24-12-13-26-32(37(49)43(35(26)47)23-10-11-25(38(50)51)30(45)17-23)27(24)18-28-36(48)44(22-9-5-8-21(42)16-22)39(52)40(28,33)20-6-3-2-4-7-20/h2-12,14-17,26-28,32-33,45-46H,13,18H2,1H3,(H,50,51)/t26-,27+,28-,32-,33-,40+/m0/s1. The lowest BCUT2D eigenvalue weighted by atomic mass is 9.49. The van der Waals surface area contributed by atoms with E-state index >= 15 is 4.79 Å². The smallest absolute Gasteiger partial charge is 0.339 e. The van der Waals surface area contributed by atoms with Gasteiger partial charge in [-0.15, -0.1) is 0 Å². The Bertz CT molecular complexity index is 2310. The van der Waals surface area contributed by atoms with Crippen LogP contribution in [0, 0.1) is 23.7 Å². The van der Waals surface area contributed by atoms with Crippen molar-refractivity contribution in [1.29, 1.82) is 0 Å². The number of hydrogen-bond donors (Lipinski definition) is 3. The van der Waals surface area contributed by atoms with Gasteiger partial charge in [0.15, 0.2) is 11.5 Å².